The van der Waals surface area contributed by atoms with E-state index in [1.165, 1.54) is 0 Å². The van der Waals surface area contributed by atoms with Crippen LogP contribution in [0.4, 0.5) is 0 Å². The maximum absolute atomic E-state index is 8.70. The van der Waals surface area contributed by atoms with E-state index in [0.29, 0.717) is 18.5 Å². The first-order valence-electron chi connectivity index (χ1n) is 6.03. The predicted octanol–water partition coefficient (Wildman–Crippen LogP) is 0.941. The number of nitrogens with zero attached hydrogens (tertiary/aromatic N) is 3. The molecule has 0 bridgehead atoms. The molecule has 4 nitrogen and oxygen atoms in total. The number of hydrogen-bond acceptors (Lipinski definition) is 4. The summed E-state index contributed by atoms with van der Waals surface area (Å²) in [5.74, 6) is 0. The van der Waals surface area contributed by atoms with Crippen LogP contribution in [0.2, 0.25) is 0 Å². The highest BCUT2D eigenvalue weighted by Crippen LogP contribution is 2.13. The van der Waals surface area contributed by atoms with E-state index in [1.807, 2.05) is 0 Å². The molecule has 0 saturated carbocycles. The summed E-state index contributed by atoms with van der Waals surface area (Å²) in [6.45, 7) is 9.42. The summed E-state index contributed by atoms with van der Waals surface area (Å²) in [4.78, 5) is 4.87. The van der Waals surface area contributed by atoms with E-state index in [1.54, 1.807) is 7.11 Å². The number of rotatable bonds is 5. The quantitative estimate of drug-likeness (QED) is 0.698. The molecule has 0 aromatic heterocycles. The van der Waals surface area contributed by atoms with E-state index >= 15 is 0 Å². The lowest BCUT2D eigenvalue weighted by Gasteiger charge is -2.41. The highest BCUT2D eigenvalue weighted by atomic mass is 16.5. The smallest absolute Gasteiger partial charge is 0.0638 e. The summed E-state index contributed by atoms with van der Waals surface area (Å²) >= 11 is 0. The van der Waals surface area contributed by atoms with Crippen molar-refractivity contribution in [1.82, 2.24) is 9.80 Å². The number of nitriles is 1. The zero-order valence-electron chi connectivity index (χ0n) is 10.6. The second-order valence-corrected chi connectivity index (χ2v) is 4.58. The molecule has 0 radical (unpaired) electrons. The van der Waals surface area contributed by atoms with Crippen LogP contribution in [0, 0.1) is 11.3 Å². The molecule has 0 N–H and O–H groups in total. The molecule has 1 saturated heterocycles. The van der Waals surface area contributed by atoms with Crippen molar-refractivity contribution in [3.8, 4) is 6.07 Å². The average Bonchev–Trinajstić information content (AvgIpc) is 2.27. The maximum atomic E-state index is 8.70. The van der Waals surface area contributed by atoms with Gasteiger partial charge in [-0.2, -0.15) is 5.26 Å². The van der Waals surface area contributed by atoms with Gasteiger partial charge in [-0.15, -0.1) is 0 Å². The Morgan fingerprint density at radius 3 is 2.81 bits per heavy atom. The molecule has 0 aromatic rings. The molecular formula is C12H23N3O. The zero-order chi connectivity index (χ0) is 12.0. The summed E-state index contributed by atoms with van der Waals surface area (Å²) < 4.78 is 5.11. The average molecular weight is 225 g/mol. The monoisotopic (exact) mass is 225 g/mol. The number of piperazine rings is 1. The Morgan fingerprint density at radius 2 is 2.25 bits per heavy atom. The van der Waals surface area contributed by atoms with Gasteiger partial charge in [0.25, 0.3) is 0 Å². The van der Waals surface area contributed by atoms with Gasteiger partial charge in [-0.3, -0.25) is 9.80 Å². The molecule has 1 aliphatic rings. The normalized spacial score (nSPS) is 25.2. The van der Waals surface area contributed by atoms with Crippen molar-refractivity contribution in [2.75, 3.05) is 39.9 Å². The molecular weight excluding hydrogens is 202 g/mol. The molecule has 0 unspecified atom stereocenters. The van der Waals surface area contributed by atoms with E-state index in [9.17, 15) is 0 Å². The summed E-state index contributed by atoms with van der Waals surface area (Å²) in [5.41, 5.74) is 0. The van der Waals surface area contributed by atoms with Crippen molar-refractivity contribution in [3.05, 3.63) is 0 Å². The summed E-state index contributed by atoms with van der Waals surface area (Å²) in [5, 5.41) is 8.70. The van der Waals surface area contributed by atoms with Crippen LogP contribution >= 0.6 is 0 Å². The zero-order valence-corrected chi connectivity index (χ0v) is 10.6. The third kappa shape index (κ3) is 3.75. The van der Waals surface area contributed by atoms with E-state index in [2.05, 4.69) is 29.7 Å². The molecule has 4 heteroatoms. The van der Waals surface area contributed by atoms with Crippen molar-refractivity contribution in [2.24, 2.45) is 0 Å². The van der Waals surface area contributed by atoms with Crippen LogP contribution < -0.4 is 0 Å². The molecule has 1 rings (SSSR count). The fraction of sp³-hybridized carbons (Fsp3) is 0.917. The van der Waals surface area contributed by atoms with Crippen molar-refractivity contribution >= 4 is 0 Å². The molecule has 1 fully saturated rings. The Morgan fingerprint density at radius 1 is 1.50 bits per heavy atom. The van der Waals surface area contributed by atoms with Crippen molar-refractivity contribution in [1.29, 1.82) is 5.26 Å². The van der Waals surface area contributed by atoms with Crippen LogP contribution in [0.5, 0.6) is 0 Å². The lowest BCUT2D eigenvalue weighted by molar-refractivity contribution is 0.0430. The topological polar surface area (TPSA) is 39.5 Å². The third-order valence-electron chi connectivity index (χ3n) is 3.39. The lowest BCUT2D eigenvalue weighted by Crippen LogP contribution is -2.54. The van der Waals surface area contributed by atoms with Crippen LogP contribution in [-0.4, -0.2) is 61.8 Å². The highest BCUT2D eigenvalue weighted by Gasteiger charge is 2.25. The van der Waals surface area contributed by atoms with Crippen molar-refractivity contribution < 1.29 is 4.74 Å². The minimum atomic E-state index is 0.386. The minimum absolute atomic E-state index is 0.386. The molecule has 0 aliphatic carbocycles. The molecule has 1 heterocycles. The Labute approximate surface area is 98.8 Å². The van der Waals surface area contributed by atoms with Gasteiger partial charge in [0.1, 0.15) is 0 Å². The molecule has 1 aliphatic heterocycles. The van der Waals surface area contributed by atoms with E-state index < -0.39 is 0 Å². The summed E-state index contributed by atoms with van der Waals surface area (Å²) in [7, 11) is 1.75. The van der Waals surface area contributed by atoms with E-state index in [-0.39, 0.29) is 0 Å². The van der Waals surface area contributed by atoms with Gasteiger partial charge < -0.3 is 4.74 Å². The third-order valence-corrected chi connectivity index (χ3v) is 3.39. The van der Waals surface area contributed by atoms with E-state index in [0.717, 1.165) is 32.8 Å². The molecule has 0 aromatic carbocycles. The lowest BCUT2D eigenvalue weighted by atomic mass is 10.1. The number of methoxy groups -OCH3 is 1. The maximum Gasteiger partial charge on any atom is 0.0638 e. The fourth-order valence-corrected chi connectivity index (χ4v) is 2.23. The van der Waals surface area contributed by atoms with Crippen molar-refractivity contribution in [3.63, 3.8) is 0 Å². The van der Waals surface area contributed by atoms with Crippen molar-refractivity contribution in [2.45, 2.75) is 32.4 Å². The Kier molecular flexibility index (Phi) is 5.75. The van der Waals surface area contributed by atoms with Gasteiger partial charge in [0, 0.05) is 45.4 Å². The first kappa shape index (κ1) is 13.4. The van der Waals surface area contributed by atoms with Crippen LogP contribution in [0.25, 0.3) is 0 Å². The molecule has 92 valence electrons. The second-order valence-electron chi connectivity index (χ2n) is 4.58. The molecule has 0 amide bonds. The van der Waals surface area contributed by atoms with Gasteiger partial charge in [-0.25, -0.2) is 0 Å². The van der Waals surface area contributed by atoms with Crippen LogP contribution in [0.15, 0.2) is 0 Å². The minimum Gasteiger partial charge on any atom is -0.383 e. The fourth-order valence-electron chi connectivity index (χ4n) is 2.23. The first-order chi connectivity index (χ1) is 7.69. The first-order valence-corrected chi connectivity index (χ1v) is 6.03. The second kappa shape index (κ2) is 6.85. The summed E-state index contributed by atoms with van der Waals surface area (Å²) in [6, 6.07) is 3.20. The molecule has 16 heavy (non-hydrogen) atoms. The highest BCUT2D eigenvalue weighted by molar-refractivity contribution is 4.86. The van der Waals surface area contributed by atoms with Gasteiger partial charge >= 0.3 is 0 Å². The largest absolute Gasteiger partial charge is 0.383 e. The number of hydrogen-bond donors (Lipinski definition) is 0. The number of ether oxygens (including phenoxy) is 1. The standard InChI is InChI=1S/C12H23N3O/c1-11(4-5-13)15-7-6-14(8-9-16-3)12(2)10-15/h11-12H,4,6-10H2,1-3H3/t11-,12+/m0/s1. The summed E-state index contributed by atoms with van der Waals surface area (Å²) in [6.07, 6.45) is 0.630. The Bertz CT molecular complexity index is 239. The Balaban J connectivity index is 2.36. The van der Waals surface area contributed by atoms with Crippen LogP contribution in [-0.2, 0) is 4.74 Å². The molecule has 2 atom stereocenters. The van der Waals surface area contributed by atoms with Gasteiger partial charge in [0.15, 0.2) is 0 Å². The SMILES string of the molecule is COCCN1CCN([C@@H](C)CC#N)C[C@H]1C. The Hall–Kier alpha value is -0.630. The van der Waals surface area contributed by atoms with Gasteiger partial charge in [0.05, 0.1) is 19.1 Å². The van der Waals surface area contributed by atoms with Crippen LogP contribution in [0.1, 0.15) is 20.3 Å². The predicted molar refractivity (Wildman–Crippen MR) is 64.2 cm³/mol. The molecule has 0 spiro atoms. The van der Waals surface area contributed by atoms with Crippen LogP contribution in [0.3, 0.4) is 0 Å². The van der Waals surface area contributed by atoms with Gasteiger partial charge in [-0.1, -0.05) is 0 Å². The van der Waals surface area contributed by atoms with Gasteiger partial charge in [0.2, 0.25) is 0 Å². The van der Waals surface area contributed by atoms with Gasteiger partial charge in [-0.05, 0) is 13.8 Å². The van der Waals surface area contributed by atoms with E-state index in [4.69, 9.17) is 10.00 Å².